The molecule has 0 bridgehead atoms. The van der Waals surface area contributed by atoms with Crippen LogP contribution in [0.15, 0.2) is 0 Å². The van der Waals surface area contributed by atoms with E-state index in [1.807, 2.05) is 16.7 Å². The Balaban J connectivity index is 1.58. The maximum absolute atomic E-state index is 12.6. The van der Waals surface area contributed by atoms with Gasteiger partial charge in [-0.25, -0.2) is 4.98 Å². The van der Waals surface area contributed by atoms with Gasteiger partial charge in [-0.15, -0.1) is 5.10 Å². The molecular formula is C16H24ClN5O2. The maximum Gasteiger partial charge on any atom is 0.242 e. The van der Waals surface area contributed by atoms with E-state index in [-0.39, 0.29) is 22.5 Å². The Morgan fingerprint density at radius 2 is 2.21 bits per heavy atom. The number of nitrogens with one attached hydrogen (secondary N) is 1. The standard InChI is InChI=1S/C16H24ClN5O2/c1-2-21-10-16(8-6-14(21)24)7-3-9-22(11-16)13(23)5-4-12-18-15(17)20-19-12/h2-11H2,1H3,(H,18,19,20)/t16-/m1/s1. The lowest BCUT2D eigenvalue weighted by molar-refractivity contribution is -0.142. The van der Waals surface area contributed by atoms with Crippen LogP contribution in [0.1, 0.15) is 44.9 Å². The minimum absolute atomic E-state index is 0.0768. The molecule has 3 heterocycles. The van der Waals surface area contributed by atoms with Crippen LogP contribution in [0.5, 0.6) is 0 Å². The van der Waals surface area contributed by atoms with Crippen LogP contribution in [-0.4, -0.2) is 63.0 Å². The van der Waals surface area contributed by atoms with Crippen LogP contribution in [0.3, 0.4) is 0 Å². The Hall–Kier alpha value is -1.63. The topological polar surface area (TPSA) is 82.2 Å². The smallest absolute Gasteiger partial charge is 0.242 e. The Labute approximate surface area is 146 Å². The van der Waals surface area contributed by atoms with E-state index in [1.54, 1.807) is 0 Å². The maximum atomic E-state index is 12.6. The van der Waals surface area contributed by atoms with Crippen molar-refractivity contribution in [2.24, 2.45) is 5.41 Å². The molecule has 1 N–H and O–H groups in total. The van der Waals surface area contributed by atoms with E-state index in [0.29, 0.717) is 25.1 Å². The zero-order valence-corrected chi connectivity index (χ0v) is 14.8. The van der Waals surface area contributed by atoms with Crippen molar-refractivity contribution in [3.8, 4) is 0 Å². The summed E-state index contributed by atoms with van der Waals surface area (Å²) in [6.07, 6.45) is 4.51. The average Bonchev–Trinajstić information content (AvgIpc) is 3.01. The molecular weight excluding hydrogens is 330 g/mol. The van der Waals surface area contributed by atoms with E-state index >= 15 is 0 Å². The summed E-state index contributed by atoms with van der Waals surface area (Å²) >= 11 is 5.68. The molecule has 2 saturated heterocycles. The predicted molar refractivity (Wildman–Crippen MR) is 89.4 cm³/mol. The van der Waals surface area contributed by atoms with Crippen molar-refractivity contribution in [2.75, 3.05) is 26.2 Å². The molecule has 1 aromatic rings. The van der Waals surface area contributed by atoms with Crippen molar-refractivity contribution < 1.29 is 9.59 Å². The van der Waals surface area contributed by atoms with Crippen molar-refractivity contribution in [3.05, 3.63) is 11.1 Å². The lowest BCUT2D eigenvalue weighted by atomic mass is 9.73. The van der Waals surface area contributed by atoms with Crippen molar-refractivity contribution in [3.63, 3.8) is 0 Å². The number of carbonyl (C=O) groups is 2. The highest BCUT2D eigenvalue weighted by Gasteiger charge is 2.42. The molecule has 0 aliphatic carbocycles. The third-order valence-corrected chi connectivity index (χ3v) is 5.39. The number of amides is 2. The average molecular weight is 354 g/mol. The third-order valence-electron chi connectivity index (χ3n) is 5.22. The summed E-state index contributed by atoms with van der Waals surface area (Å²) in [4.78, 5) is 32.4. The summed E-state index contributed by atoms with van der Waals surface area (Å²) in [6, 6.07) is 0. The zero-order valence-electron chi connectivity index (χ0n) is 14.1. The van der Waals surface area contributed by atoms with Gasteiger partial charge in [-0.2, -0.15) is 0 Å². The van der Waals surface area contributed by atoms with E-state index in [0.717, 1.165) is 45.4 Å². The lowest BCUT2D eigenvalue weighted by Gasteiger charge is -2.48. The highest BCUT2D eigenvalue weighted by atomic mass is 35.5. The van der Waals surface area contributed by atoms with Gasteiger partial charge in [-0.1, -0.05) is 0 Å². The van der Waals surface area contributed by atoms with Gasteiger partial charge in [0, 0.05) is 50.9 Å². The number of nitrogens with zero attached hydrogens (tertiary/aromatic N) is 4. The minimum Gasteiger partial charge on any atom is -0.342 e. The van der Waals surface area contributed by atoms with Gasteiger partial charge in [0.1, 0.15) is 5.82 Å². The van der Waals surface area contributed by atoms with Crippen molar-refractivity contribution >= 4 is 23.4 Å². The number of likely N-dealkylation sites (tertiary alicyclic amines) is 2. The molecule has 2 aliphatic heterocycles. The molecule has 7 nitrogen and oxygen atoms in total. The molecule has 0 aromatic carbocycles. The fourth-order valence-corrected chi connectivity index (χ4v) is 4.06. The Kier molecular flexibility index (Phi) is 5.08. The van der Waals surface area contributed by atoms with E-state index in [9.17, 15) is 9.59 Å². The fraction of sp³-hybridized carbons (Fsp3) is 0.750. The van der Waals surface area contributed by atoms with E-state index < -0.39 is 0 Å². The van der Waals surface area contributed by atoms with Crippen molar-refractivity contribution in [2.45, 2.75) is 45.4 Å². The number of aromatic nitrogens is 3. The molecule has 3 rings (SSSR count). The van der Waals surface area contributed by atoms with Gasteiger partial charge in [-0.3, -0.25) is 14.7 Å². The first-order valence-electron chi connectivity index (χ1n) is 8.64. The van der Waals surface area contributed by atoms with Crippen LogP contribution in [-0.2, 0) is 16.0 Å². The normalized spacial score (nSPS) is 24.7. The fourth-order valence-electron chi connectivity index (χ4n) is 3.91. The number of rotatable bonds is 4. The van der Waals surface area contributed by atoms with Crippen LogP contribution in [0.25, 0.3) is 0 Å². The van der Waals surface area contributed by atoms with E-state index in [2.05, 4.69) is 15.2 Å². The second kappa shape index (κ2) is 7.09. The largest absolute Gasteiger partial charge is 0.342 e. The van der Waals surface area contributed by atoms with E-state index in [4.69, 9.17) is 11.6 Å². The van der Waals surface area contributed by atoms with Gasteiger partial charge in [0.25, 0.3) is 0 Å². The summed E-state index contributed by atoms with van der Waals surface area (Å²) in [5.41, 5.74) is 0.0768. The Morgan fingerprint density at radius 1 is 1.38 bits per heavy atom. The molecule has 1 aromatic heterocycles. The number of hydrogen-bond acceptors (Lipinski definition) is 4. The van der Waals surface area contributed by atoms with Gasteiger partial charge < -0.3 is 9.80 Å². The first-order chi connectivity index (χ1) is 11.5. The molecule has 132 valence electrons. The summed E-state index contributed by atoms with van der Waals surface area (Å²) in [5.74, 6) is 1.02. The Morgan fingerprint density at radius 3 is 2.92 bits per heavy atom. The van der Waals surface area contributed by atoms with Crippen molar-refractivity contribution in [1.82, 2.24) is 25.0 Å². The number of H-pyrrole nitrogens is 1. The summed E-state index contributed by atoms with van der Waals surface area (Å²) in [5, 5.41) is 6.68. The number of aryl methyl sites for hydroxylation is 1. The molecule has 2 aliphatic rings. The van der Waals surface area contributed by atoms with Crippen LogP contribution in [0.4, 0.5) is 0 Å². The molecule has 1 atom stereocenters. The van der Waals surface area contributed by atoms with Crippen LogP contribution in [0.2, 0.25) is 5.28 Å². The molecule has 1 spiro atoms. The van der Waals surface area contributed by atoms with Gasteiger partial charge in [-0.05, 0) is 37.8 Å². The molecule has 0 saturated carbocycles. The third kappa shape index (κ3) is 3.71. The highest BCUT2D eigenvalue weighted by Crippen LogP contribution is 2.38. The predicted octanol–water partition coefficient (Wildman–Crippen LogP) is 1.64. The summed E-state index contributed by atoms with van der Waals surface area (Å²) in [7, 11) is 0. The number of halogens is 1. The Bertz CT molecular complexity index is 619. The zero-order chi connectivity index (χ0) is 17.2. The van der Waals surface area contributed by atoms with Gasteiger partial charge in [0.05, 0.1) is 0 Å². The second-order valence-corrected chi connectivity index (χ2v) is 7.22. The van der Waals surface area contributed by atoms with Gasteiger partial charge in [0.2, 0.25) is 17.1 Å². The molecule has 0 unspecified atom stereocenters. The number of piperidine rings is 2. The summed E-state index contributed by atoms with van der Waals surface area (Å²) in [6.45, 7) is 5.11. The van der Waals surface area contributed by atoms with Crippen LogP contribution >= 0.6 is 11.6 Å². The lowest BCUT2D eigenvalue weighted by Crippen LogP contribution is -2.55. The SMILES string of the molecule is CCN1C[C@@]2(CCCN(C(=O)CCc3nc(Cl)n[nH]3)C2)CCC1=O. The number of hydrogen-bond donors (Lipinski definition) is 1. The molecule has 2 amide bonds. The van der Waals surface area contributed by atoms with Crippen molar-refractivity contribution in [1.29, 1.82) is 0 Å². The van der Waals surface area contributed by atoms with Crippen LogP contribution in [0, 0.1) is 5.41 Å². The number of aromatic amines is 1. The summed E-state index contributed by atoms with van der Waals surface area (Å²) < 4.78 is 0. The van der Waals surface area contributed by atoms with Gasteiger partial charge >= 0.3 is 0 Å². The van der Waals surface area contributed by atoms with Crippen LogP contribution < -0.4 is 0 Å². The molecule has 0 radical (unpaired) electrons. The number of carbonyl (C=O) groups excluding carboxylic acids is 2. The molecule has 8 heteroatoms. The minimum atomic E-state index is 0.0768. The van der Waals surface area contributed by atoms with E-state index in [1.165, 1.54) is 0 Å². The quantitative estimate of drug-likeness (QED) is 0.892. The highest BCUT2D eigenvalue weighted by molar-refractivity contribution is 6.28. The monoisotopic (exact) mass is 353 g/mol. The first-order valence-corrected chi connectivity index (χ1v) is 9.01. The molecule has 24 heavy (non-hydrogen) atoms. The second-order valence-electron chi connectivity index (χ2n) is 6.88. The van der Waals surface area contributed by atoms with Gasteiger partial charge in [0.15, 0.2) is 0 Å². The molecule has 2 fully saturated rings. The first kappa shape index (κ1) is 17.2.